The van der Waals surface area contributed by atoms with Crippen LogP contribution >= 0.6 is 11.3 Å². The van der Waals surface area contributed by atoms with Crippen LogP contribution in [0.5, 0.6) is 0 Å². The van der Waals surface area contributed by atoms with Crippen molar-refractivity contribution < 1.29 is 0 Å². The summed E-state index contributed by atoms with van der Waals surface area (Å²) in [5, 5.41) is 14.5. The van der Waals surface area contributed by atoms with Crippen molar-refractivity contribution in [2.24, 2.45) is 47.3 Å². The summed E-state index contributed by atoms with van der Waals surface area (Å²) in [4.78, 5) is 0. The van der Waals surface area contributed by atoms with E-state index in [4.69, 9.17) is 0 Å². The van der Waals surface area contributed by atoms with Gasteiger partial charge in [-0.3, -0.25) is 0 Å². The number of fused-ring (bicyclic) bond motifs is 7. The van der Waals surface area contributed by atoms with E-state index in [2.05, 4.69) is 133 Å². The van der Waals surface area contributed by atoms with Crippen LogP contribution in [-0.4, -0.2) is 0 Å². The minimum absolute atomic E-state index is 0.692. The normalized spacial score (nSPS) is 30.0. The molecule has 8 saturated carbocycles. The molecule has 0 aliphatic heterocycles. The van der Waals surface area contributed by atoms with Gasteiger partial charge in [-0.1, -0.05) is 115 Å². The third kappa shape index (κ3) is 4.94. The Morgan fingerprint density at radius 2 is 0.656 bits per heavy atom. The van der Waals surface area contributed by atoms with Crippen molar-refractivity contribution in [1.29, 1.82) is 0 Å². The van der Waals surface area contributed by atoms with Crippen LogP contribution in [0.3, 0.4) is 0 Å². The molecule has 0 spiro atoms. The highest BCUT2D eigenvalue weighted by molar-refractivity contribution is 7.25. The monoisotopic (exact) mass is 804 g/mol. The molecule has 8 aliphatic rings. The predicted molar refractivity (Wildman–Crippen MR) is 260 cm³/mol. The maximum absolute atomic E-state index is 2.54. The fourth-order valence-electron chi connectivity index (χ4n) is 16.5. The zero-order valence-electron chi connectivity index (χ0n) is 35.0. The largest absolute Gasteiger partial charge is 0.135 e. The molecule has 1 aromatic heterocycles. The fraction of sp³-hybridized carbons (Fsp3) is 0.333. The van der Waals surface area contributed by atoms with Gasteiger partial charge in [0.2, 0.25) is 0 Å². The van der Waals surface area contributed by atoms with E-state index in [9.17, 15) is 0 Å². The summed E-state index contributed by atoms with van der Waals surface area (Å²) in [6.07, 6.45) is 14.6. The van der Waals surface area contributed by atoms with E-state index < -0.39 is 0 Å². The first-order valence-corrected chi connectivity index (χ1v) is 24.8. The number of rotatable bonds is 4. The topological polar surface area (TPSA) is 0 Å². The molecule has 0 atom stereocenters. The summed E-state index contributed by atoms with van der Waals surface area (Å²) in [6, 6.07) is 52.8. The average molecular weight is 805 g/mol. The molecule has 0 nitrogen and oxygen atoms in total. The van der Waals surface area contributed by atoms with E-state index in [0.29, 0.717) is 11.8 Å². The molecule has 0 saturated heterocycles. The Balaban J connectivity index is 0.887. The number of hydrogen-bond acceptors (Lipinski definition) is 1. The number of hydrogen-bond donors (Lipinski definition) is 0. The summed E-state index contributed by atoms with van der Waals surface area (Å²) in [7, 11) is 0. The van der Waals surface area contributed by atoms with Gasteiger partial charge in [-0.05, 0) is 218 Å². The SMILES string of the molecule is c1ccc2c(C3C4CC5CC(C4)CC3C5)c3ccccc3c(-c3ccc4c(c3)sc3ccc(-c5c6ccccc6c(C6C7CC8CC(C7)CC6C8)c6ccccc56)cc34)c2c1. The molecule has 298 valence electrons. The summed E-state index contributed by atoms with van der Waals surface area (Å²) in [5.41, 5.74) is 8.86. The third-order valence-corrected chi connectivity index (χ3v) is 19.2. The van der Waals surface area contributed by atoms with Crippen molar-refractivity contribution in [3.8, 4) is 22.3 Å². The molecular formula is C60H52S. The summed E-state index contributed by atoms with van der Waals surface area (Å²) >= 11 is 1.97. The van der Waals surface area contributed by atoms with Crippen LogP contribution in [0.4, 0.5) is 0 Å². The molecule has 8 aliphatic carbocycles. The maximum atomic E-state index is 2.54. The second-order valence-electron chi connectivity index (χ2n) is 21.2. The molecule has 0 radical (unpaired) electrons. The molecule has 0 amide bonds. The van der Waals surface area contributed by atoms with E-state index in [1.54, 1.807) is 11.1 Å². The van der Waals surface area contributed by atoms with Crippen molar-refractivity contribution in [2.75, 3.05) is 0 Å². The van der Waals surface area contributed by atoms with Crippen molar-refractivity contribution in [1.82, 2.24) is 0 Å². The van der Waals surface area contributed by atoms with Crippen LogP contribution in [0.25, 0.3) is 85.5 Å². The molecule has 1 heterocycles. The van der Waals surface area contributed by atoms with Gasteiger partial charge in [-0.2, -0.15) is 0 Å². The number of benzene rings is 8. The first-order chi connectivity index (χ1) is 30.2. The molecule has 8 aromatic carbocycles. The maximum Gasteiger partial charge on any atom is 0.0361 e. The van der Waals surface area contributed by atoms with E-state index in [1.165, 1.54) is 150 Å². The van der Waals surface area contributed by atoms with Gasteiger partial charge in [0.15, 0.2) is 0 Å². The standard InChI is InChI=1S/C60H52S/c1-5-13-48-44(9-1)57(45-10-2-6-14-49(45)59(48)55-39-23-33-21-34(25-39)26-40(55)24-33)37-18-20-53-52(31-37)43-19-17-38(32-54(43)61-53)58-46-11-3-7-15-50(46)60(51-16-8-4-12-47(51)58)56-41-27-35-22-36(29-41)30-42(56)28-35/h1-20,31-36,39-42,55-56H,21-30H2. The minimum Gasteiger partial charge on any atom is -0.135 e. The average Bonchev–Trinajstić information content (AvgIpc) is 3.65. The Kier molecular flexibility index (Phi) is 7.26. The smallest absolute Gasteiger partial charge is 0.0361 e. The van der Waals surface area contributed by atoms with Crippen LogP contribution in [0.15, 0.2) is 133 Å². The van der Waals surface area contributed by atoms with Crippen LogP contribution in [0.2, 0.25) is 0 Å². The van der Waals surface area contributed by atoms with Gasteiger partial charge in [-0.25, -0.2) is 0 Å². The molecule has 0 unspecified atom stereocenters. The van der Waals surface area contributed by atoms with Gasteiger partial charge >= 0.3 is 0 Å². The van der Waals surface area contributed by atoms with E-state index >= 15 is 0 Å². The Morgan fingerprint density at radius 3 is 1.07 bits per heavy atom. The van der Waals surface area contributed by atoms with Gasteiger partial charge in [0.1, 0.15) is 0 Å². The van der Waals surface area contributed by atoms with Gasteiger partial charge in [0.05, 0.1) is 0 Å². The van der Waals surface area contributed by atoms with Crippen molar-refractivity contribution in [3.05, 3.63) is 145 Å². The van der Waals surface area contributed by atoms with Gasteiger partial charge in [0.25, 0.3) is 0 Å². The molecule has 17 rings (SSSR count). The molecule has 1 heteroatoms. The molecule has 9 aromatic rings. The second-order valence-corrected chi connectivity index (χ2v) is 22.3. The van der Waals surface area contributed by atoms with E-state index in [-0.39, 0.29) is 0 Å². The van der Waals surface area contributed by atoms with Gasteiger partial charge < -0.3 is 0 Å². The molecule has 8 fully saturated rings. The quantitative estimate of drug-likeness (QED) is 0.155. The van der Waals surface area contributed by atoms with Crippen LogP contribution in [0, 0.1) is 47.3 Å². The van der Waals surface area contributed by atoms with Crippen molar-refractivity contribution in [2.45, 2.75) is 76.0 Å². The third-order valence-electron chi connectivity index (χ3n) is 18.1. The highest BCUT2D eigenvalue weighted by atomic mass is 32.1. The lowest BCUT2D eigenvalue weighted by atomic mass is 9.50. The summed E-state index contributed by atoms with van der Waals surface area (Å²) in [6.45, 7) is 0. The molecule has 8 bridgehead atoms. The molecule has 61 heavy (non-hydrogen) atoms. The Bertz CT molecular complexity index is 3140. The lowest BCUT2D eigenvalue weighted by Gasteiger charge is -2.55. The Hall–Kier alpha value is -4.98. The summed E-state index contributed by atoms with van der Waals surface area (Å²) in [5.74, 6) is 8.71. The van der Waals surface area contributed by atoms with Crippen molar-refractivity contribution in [3.63, 3.8) is 0 Å². The lowest BCUT2D eigenvalue weighted by molar-refractivity contribution is -0.00191. The van der Waals surface area contributed by atoms with Gasteiger partial charge in [-0.15, -0.1) is 11.3 Å². The zero-order chi connectivity index (χ0) is 39.5. The van der Waals surface area contributed by atoms with Crippen LogP contribution in [0.1, 0.15) is 87.2 Å². The highest BCUT2D eigenvalue weighted by Gasteiger charge is 2.51. The highest BCUT2D eigenvalue weighted by Crippen LogP contribution is 2.63. The lowest BCUT2D eigenvalue weighted by Crippen LogP contribution is -2.43. The van der Waals surface area contributed by atoms with Crippen LogP contribution in [-0.2, 0) is 0 Å². The first kappa shape index (κ1) is 34.6. The first-order valence-electron chi connectivity index (χ1n) is 24.0. The number of thiophene rings is 1. The zero-order valence-corrected chi connectivity index (χ0v) is 35.8. The second kappa shape index (κ2) is 12.8. The minimum atomic E-state index is 0.692. The van der Waals surface area contributed by atoms with Crippen LogP contribution < -0.4 is 0 Å². The van der Waals surface area contributed by atoms with E-state index in [0.717, 1.165) is 47.3 Å². The Morgan fingerprint density at radius 1 is 0.295 bits per heavy atom. The molecular weight excluding hydrogens is 753 g/mol. The fourth-order valence-corrected chi connectivity index (χ4v) is 17.7. The molecule has 0 N–H and O–H groups in total. The van der Waals surface area contributed by atoms with Gasteiger partial charge in [0, 0.05) is 20.2 Å². The predicted octanol–water partition coefficient (Wildman–Crippen LogP) is 17.1. The van der Waals surface area contributed by atoms with Crippen molar-refractivity contribution >= 4 is 74.6 Å². The summed E-state index contributed by atoms with van der Waals surface area (Å²) < 4.78 is 2.76. The Labute approximate surface area is 363 Å². The van der Waals surface area contributed by atoms with E-state index in [1.807, 2.05) is 11.3 Å².